The summed E-state index contributed by atoms with van der Waals surface area (Å²) in [6.07, 6.45) is -3.19. The Morgan fingerprint density at radius 2 is 2.11 bits per heavy atom. The van der Waals surface area contributed by atoms with Crippen molar-refractivity contribution in [1.82, 2.24) is 10.3 Å². The van der Waals surface area contributed by atoms with E-state index in [1.807, 2.05) is 13.0 Å². The van der Waals surface area contributed by atoms with Gasteiger partial charge in [-0.05, 0) is 43.7 Å². The Balaban J connectivity index is 1.68. The Morgan fingerprint density at radius 3 is 2.68 bits per heavy atom. The van der Waals surface area contributed by atoms with E-state index in [9.17, 15) is 18.0 Å². The summed E-state index contributed by atoms with van der Waals surface area (Å²) in [6, 6.07) is 8.78. The number of halogens is 4. The van der Waals surface area contributed by atoms with Crippen LogP contribution in [-0.4, -0.2) is 29.5 Å². The van der Waals surface area contributed by atoms with Gasteiger partial charge in [-0.25, -0.2) is 0 Å². The van der Waals surface area contributed by atoms with Crippen LogP contribution in [0.3, 0.4) is 0 Å². The van der Waals surface area contributed by atoms with Crippen molar-refractivity contribution in [2.75, 3.05) is 11.4 Å². The van der Waals surface area contributed by atoms with Crippen LogP contribution in [0, 0.1) is 11.3 Å². The lowest BCUT2D eigenvalue weighted by atomic mass is 10.1. The number of nitriles is 1. The third kappa shape index (κ3) is 4.04. The first-order valence-electron chi connectivity index (χ1n) is 8.51. The van der Waals surface area contributed by atoms with E-state index in [1.54, 1.807) is 18.2 Å². The zero-order chi connectivity index (χ0) is 20.5. The van der Waals surface area contributed by atoms with Crippen molar-refractivity contribution in [3.05, 3.63) is 58.4 Å². The lowest BCUT2D eigenvalue weighted by Gasteiger charge is -2.27. The summed E-state index contributed by atoms with van der Waals surface area (Å²) in [5.74, 6) is -0.523. The summed E-state index contributed by atoms with van der Waals surface area (Å²) in [6.45, 7) is 2.60. The summed E-state index contributed by atoms with van der Waals surface area (Å²) in [4.78, 5) is 18.0. The van der Waals surface area contributed by atoms with Crippen LogP contribution in [0.25, 0.3) is 0 Å². The van der Waals surface area contributed by atoms with Crippen molar-refractivity contribution >= 4 is 23.2 Å². The molecule has 0 bridgehead atoms. The molecule has 1 N–H and O–H groups in total. The molecule has 0 aliphatic carbocycles. The smallest absolute Gasteiger partial charge is 0.367 e. The molecule has 2 atom stereocenters. The van der Waals surface area contributed by atoms with Crippen LogP contribution in [0.1, 0.15) is 35.0 Å². The highest BCUT2D eigenvalue weighted by atomic mass is 35.5. The molecule has 5 nitrogen and oxygen atoms in total. The lowest BCUT2D eigenvalue weighted by Crippen LogP contribution is -2.43. The van der Waals surface area contributed by atoms with E-state index in [-0.39, 0.29) is 17.8 Å². The molecule has 1 aliphatic rings. The minimum absolute atomic E-state index is 0.0672. The maximum absolute atomic E-state index is 12.6. The Morgan fingerprint density at radius 1 is 1.36 bits per heavy atom. The molecule has 1 aromatic carbocycles. The quantitative estimate of drug-likeness (QED) is 0.832. The molecule has 28 heavy (non-hydrogen) atoms. The molecule has 1 fully saturated rings. The number of anilines is 1. The molecule has 2 heterocycles. The SMILES string of the molecule is C[C@H]1[C@@H](NC(=O)c2ccc(C(F)(F)F)cn2)CCN1c1ccc(C#N)c(Cl)c1. The molecule has 0 radical (unpaired) electrons. The number of pyridine rings is 1. The maximum Gasteiger partial charge on any atom is 0.417 e. The first-order chi connectivity index (χ1) is 13.2. The predicted octanol–water partition coefficient (Wildman–Crippen LogP) is 4.02. The Bertz CT molecular complexity index is 924. The predicted molar refractivity (Wildman–Crippen MR) is 98.1 cm³/mol. The molecule has 3 rings (SSSR count). The van der Waals surface area contributed by atoms with Crippen molar-refractivity contribution in [3.63, 3.8) is 0 Å². The fourth-order valence-electron chi connectivity index (χ4n) is 3.21. The fraction of sp³-hybridized carbons (Fsp3) is 0.316. The van der Waals surface area contributed by atoms with Gasteiger partial charge in [-0.2, -0.15) is 18.4 Å². The molecule has 1 aromatic heterocycles. The standard InChI is InChI=1S/C19H16ClF3N4O/c1-11-16(6-7-27(11)14-4-2-12(9-24)15(20)8-14)26-18(28)17-5-3-13(10-25-17)19(21,22)23/h2-5,8,10-11,16H,6-7H2,1H3,(H,26,28)/t11-,16-/m0/s1. The third-order valence-electron chi connectivity index (χ3n) is 4.80. The van der Waals surface area contributed by atoms with E-state index in [1.165, 1.54) is 0 Å². The van der Waals surface area contributed by atoms with Gasteiger partial charge in [0.2, 0.25) is 0 Å². The normalized spacial score (nSPS) is 19.4. The second-order valence-corrected chi connectivity index (χ2v) is 6.92. The molecule has 146 valence electrons. The van der Waals surface area contributed by atoms with Crippen LogP contribution in [0.2, 0.25) is 5.02 Å². The van der Waals surface area contributed by atoms with Crippen molar-refractivity contribution < 1.29 is 18.0 Å². The van der Waals surface area contributed by atoms with E-state index in [2.05, 4.69) is 15.2 Å². The maximum atomic E-state index is 12.6. The number of nitrogens with one attached hydrogen (secondary N) is 1. The summed E-state index contributed by atoms with van der Waals surface area (Å²) in [7, 11) is 0. The number of nitrogens with zero attached hydrogens (tertiary/aromatic N) is 3. The highest BCUT2D eigenvalue weighted by Crippen LogP contribution is 2.30. The number of carbonyl (C=O) groups is 1. The first kappa shape index (κ1) is 20.0. The van der Waals surface area contributed by atoms with Crippen LogP contribution < -0.4 is 10.2 Å². The zero-order valence-corrected chi connectivity index (χ0v) is 15.6. The van der Waals surface area contributed by atoms with Crippen LogP contribution in [0.15, 0.2) is 36.5 Å². The lowest BCUT2D eigenvalue weighted by molar-refractivity contribution is -0.137. The van der Waals surface area contributed by atoms with E-state index in [0.717, 1.165) is 17.8 Å². The van der Waals surface area contributed by atoms with Gasteiger partial charge in [-0.3, -0.25) is 9.78 Å². The van der Waals surface area contributed by atoms with Crippen molar-refractivity contribution in [2.24, 2.45) is 0 Å². The summed E-state index contributed by atoms with van der Waals surface area (Å²) in [5.41, 5.74) is 0.249. The molecular weight excluding hydrogens is 393 g/mol. The Kier molecular flexibility index (Phi) is 5.47. The molecule has 2 aromatic rings. The highest BCUT2D eigenvalue weighted by Gasteiger charge is 2.33. The molecule has 0 unspecified atom stereocenters. The number of hydrogen-bond acceptors (Lipinski definition) is 4. The average molecular weight is 409 g/mol. The minimum atomic E-state index is -4.50. The fourth-order valence-corrected chi connectivity index (χ4v) is 3.43. The van der Waals surface area contributed by atoms with Gasteiger partial charge in [0.25, 0.3) is 5.91 Å². The van der Waals surface area contributed by atoms with Crippen molar-refractivity contribution in [1.29, 1.82) is 5.26 Å². The number of rotatable bonds is 3. The number of aromatic nitrogens is 1. The molecule has 1 amide bonds. The second kappa shape index (κ2) is 7.68. The monoisotopic (exact) mass is 408 g/mol. The summed E-state index contributed by atoms with van der Waals surface area (Å²) >= 11 is 6.09. The molecule has 1 saturated heterocycles. The Labute approximate surface area is 164 Å². The average Bonchev–Trinajstić information content (AvgIpc) is 3.01. The largest absolute Gasteiger partial charge is 0.417 e. The summed E-state index contributed by atoms with van der Waals surface area (Å²) < 4.78 is 37.8. The van der Waals surface area contributed by atoms with Gasteiger partial charge >= 0.3 is 6.18 Å². The number of hydrogen-bond donors (Lipinski definition) is 1. The van der Waals surface area contributed by atoms with Crippen LogP contribution in [-0.2, 0) is 6.18 Å². The van der Waals surface area contributed by atoms with Crippen LogP contribution in [0.4, 0.5) is 18.9 Å². The van der Waals surface area contributed by atoms with Gasteiger partial charge < -0.3 is 10.2 Å². The van der Waals surface area contributed by atoms with Crippen LogP contribution >= 0.6 is 11.6 Å². The van der Waals surface area contributed by atoms with E-state index < -0.39 is 17.6 Å². The van der Waals surface area contributed by atoms with Gasteiger partial charge in [0.1, 0.15) is 11.8 Å². The minimum Gasteiger partial charge on any atom is -0.367 e. The number of alkyl halides is 3. The van der Waals surface area contributed by atoms with E-state index >= 15 is 0 Å². The van der Waals surface area contributed by atoms with Crippen molar-refractivity contribution in [2.45, 2.75) is 31.6 Å². The van der Waals surface area contributed by atoms with Gasteiger partial charge in [0.05, 0.1) is 22.2 Å². The molecule has 0 saturated carbocycles. The number of carbonyl (C=O) groups excluding carboxylic acids is 1. The van der Waals surface area contributed by atoms with Gasteiger partial charge in [-0.1, -0.05) is 11.6 Å². The van der Waals surface area contributed by atoms with Crippen LogP contribution in [0.5, 0.6) is 0 Å². The topological polar surface area (TPSA) is 69.0 Å². The molecule has 0 spiro atoms. The molecule has 9 heteroatoms. The molecular formula is C19H16ClF3N4O. The van der Waals surface area contributed by atoms with E-state index in [0.29, 0.717) is 29.7 Å². The Hall–Kier alpha value is -2.79. The third-order valence-corrected chi connectivity index (χ3v) is 5.11. The van der Waals surface area contributed by atoms with Gasteiger partial charge in [0.15, 0.2) is 0 Å². The zero-order valence-electron chi connectivity index (χ0n) is 14.8. The summed E-state index contributed by atoms with van der Waals surface area (Å²) in [5, 5.41) is 12.2. The van der Waals surface area contributed by atoms with Gasteiger partial charge in [-0.15, -0.1) is 0 Å². The van der Waals surface area contributed by atoms with E-state index in [4.69, 9.17) is 16.9 Å². The number of benzene rings is 1. The molecule has 1 aliphatic heterocycles. The van der Waals surface area contributed by atoms with Crippen molar-refractivity contribution in [3.8, 4) is 6.07 Å². The van der Waals surface area contributed by atoms with Gasteiger partial charge in [0, 0.05) is 24.5 Å². The highest BCUT2D eigenvalue weighted by molar-refractivity contribution is 6.32. The number of amides is 1. The first-order valence-corrected chi connectivity index (χ1v) is 8.89. The second-order valence-electron chi connectivity index (χ2n) is 6.51.